The van der Waals surface area contributed by atoms with Crippen LogP contribution in [0.15, 0.2) is 42.3 Å². The molecule has 2 heterocycles. The van der Waals surface area contributed by atoms with Crippen LogP contribution in [0.4, 0.5) is 14.6 Å². The quantitative estimate of drug-likeness (QED) is 0.380. The SMILES string of the molecule is CCC(=O)N(c1ccc(C(=O)OC)cn1)C1CCCCC1N1CC(Oc2c(F)ccc(Cl)c2F)=CC1=O. The lowest BCUT2D eigenvalue weighted by atomic mass is 9.87. The molecule has 1 aromatic carbocycles. The number of anilines is 1. The van der Waals surface area contributed by atoms with Gasteiger partial charge in [0.25, 0.3) is 5.91 Å². The average molecular weight is 534 g/mol. The first kappa shape index (κ1) is 26.5. The van der Waals surface area contributed by atoms with E-state index in [1.165, 1.54) is 25.4 Å². The van der Waals surface area contributed by atoms with Crippen LogP contribution in [-0.2, 0) is 14.3 Å². The van der Waals surface area contributed by atoms with Gasteiger partial charge in [0.1, 0.15) is 11.6 Å². The smallest absolute Gasteiger partial charge is 0.339 e. The van der Waals surface area contributed by atoms with Gasteiger partial charge in [-0.1, -0.05) is 31.4 Å². The molecule has 1 aliphatic heterocycles. The summed E-state index contributed by atoms with van der Waals surface area (Å²) in [5.74, 6) is -3.35. The zero-order chi connectivity index (χ0) is 26.7. The van der Waals surface area contributed by atoms with Crippen LogP contribution in [0.3, 0.4) is 0 Å². The summed E-state index contributed by atoms with van der Waals surface area (Å²) in [6.07, 6.45) is 5.66. The lowest BCUT2D eigenvalue weighted by molar-refractivity contribution is -0.128. The third kappa shape index (κ3) is 5.44. The second-order valence-corrected chi connectivity index (χ2v) is 9.19. The molecular formula is C26H26ClF2N3O5. The fraction of sp³-hybridized carbons (Fsp3) is 0.385. The number of esters is 1. The number of pyridine rings is 1. The number of amides is 2. The van der Waals surface area contributed by atoms with Gasteiger partial charge in [0, 0.05) is 18.7 Å². The molecule has 2 amide bonds. The lowest BCUT2D eigenvalue weighted by Crippen LogP contribution is -2.56. The highest BCUT2D eigenvalue weighted by molar-refractivity contribution is 6.30. The Morgan fingerprint density at radius 3 is 2.62 bits per heavy atom. The largest absolute Gasteiger partial charge is 0.465 e. The van der Waals surface area contributed by atoms with Gasteiger partial charge in [0.15, 0.2) is 17.4 Å². The molecule has 1 aromatic heterocycles. The van der Waals surface area contributed by atoms with Crippen molar-refractivity contribution in [2.45, 2.75) is 51.1 Å². The molecule has 37 heavy (non-hydrogen) atoms. The molecule has 0 radical (unpaired) electrons. The standard InChI is InChI=1S/C26H26ClF2N3O5/c1-3-22(33)32(21-11-8-15(13-30-21)26(35)36-2)20-7-5-4-6-19(20)31-14-16(12-23(31)34)37-25-18(28)10-9-17(27)24(25)29/h8-13,19-20H,3-7,14H2,1-2H3. The molecule has 2 unspecified atom stereocenters. The third-order valence-electron chi connectivity index (χ3n) is 6.54. The summed E-state index contributed by atoms with van der Waals surface area (Å²) in [6, 6.07) is 4.40. The van der Waals surface area contributed by atoms with Gasteiger partial charge in [-0.25, -0.2) is 18.6 Å². The minimum absolute atomic E-state index is 0.0196. The van der Waals surface area contributed by atoms with Crippen molar-refractivity contribution in [3.63, 3.8) is 0 Å². The summed E-state index contributed by atoms with van der Waals surface area (Å²) >= 11 is 5.75. The molecular weight excluding hydrogens is 508 g/mol. The first-order valence-corrected chi connectivity index (χ1v) is 12.3. The Bertz CT molecular complexity index is 1240. The van der Waals surface area contributed by atoms with Gasteiger partial charge in [0.05, 0.1) is 36.3 Å². The van der Waals surface area contributed by atoms with Gasteiger partial charge in [-0.2, -0.15) is 0 Å². The third-order valence-corrected chi connectivity index (χ3v) is 6.83. The zero-order valence-corrected chi connectivity index (χ0v) is 21.1. The summed E-state index contributed by atoms with van der Waals surface area (Å²) in [6.45, 7) is 1.72. The number of carbonyl (C=O) groups excluding carboxylic acids is 3. The molecule has 1 saturated carbocycles. The minimum Gasteiger partial charge on any atom is -0.465 e. The van der Waals surface area contributed by atoms with Crippen molar-refractivity contribution in [2.75, 3.05) is 18.6 Å². The Morgan fingerprint density at radius 1 is 1.19 bits per heavy atom. The summed E-state index contributed by atoms with van der Waals surface area (Å²) in [4.78, 5) is 45.4. The normalized spacial score (nSPS) is 19.4. The van der Waals surface area contributed by atoms with Crippen molar-refractivity contribution in [1.29, 1.82) is 0 Å². The minimum atomic E-state index is -1.05. The number of hydrogen-bond donors (Lipinski definition) is 0. The Kier molecular flexibility index (Phi) is 8.06. The summed E-state index contributed by atoms with van der Waals surface area (Å²) in [5.41, 5.74) is 0.247. The Morgan fingerprint density at radius 2 is 1.95 bits per heavy atom. The van der Waals surface area contributed by atoms with Crippen molar-refractivity contribution in [3.05, 3.63) is 64.5 Å². The first-order chi connectivity index (χ1) is 17.7. The van der Waals surface area contributed by atoms with Crippen molar-refractivity contribution in [3.8, 4) is 5.75 Å². The van der Waals surface area contributed by atoms with E-state index in [2.05, 4.69) is 4.98 Å². The number of carbonyl (C=O) groups is 3. The highest BCUT2D eigenvalue weighted by Crippen LogP contribution is 2.34. The number of halogens is 3. The van der Waals surface area contributed by atoms with Gasteiger partial charge >= 0.3 is 5.97 Å². The lowest BCUT2D eigenvalue weighted by Gasteiger charge is -2.43. The molecule has 2 atom stereocenters. The second-order valence-electron chi connectivity index (χ2n) is 8.78. The molecule has 0 saturated heterocycles. The monoisotopic (exact) mass is 533 g/mol. The highest BCUT2D eigenvalue weighted by atomic mass is 35.5. The molecule has 0 N–H and O–H groups in total. The van der Waals surface area contributed by atoms with Crippen LogP contribution in [0.2, 0.25) is 5.02 Å². The molecule has 0 spiro atoms. The van der Waals surface area contributed by atoms with E-state index in [0.717, 1.165) is 25.0 Å². The number of rotatable bonds is 7. The van der Waals surface area contributed by atoms with E-state index in [9.17, 15) is 23.2 Å². The number of ether oxygens (including phenoxy) is 2. The van der Waals surface area contributed by atoms with Gasteiger partial charge in [-0.3, -0.25) is 14.5 Å². The average Bonchev–Trinajstić information content (AvgIpc) is 3.28. The number of methoxy groups -OCH3 is 1. The fourth-order valence-corrected chi connectivity index (χ4v) is 4.91. The number of hydrogen-bond acceptors (Lipinski definition) is 6. The van der Waals surface area contributed by atoms with Crippen LogP contribution >= 0.6 is 11.6 Å². The van der Waals surface area contributed by atoms with E-state index in [-0.39, 0.29) is 47.2 Å². The number of benzene rings is 1. The van der Waals surface area contributed by atoms with Crippen LogP contribution in [0.25, 0.3) is 0 Å². The van der Waals surface area contributed by atoms with E-state index >= 15 is 0 Å². The maximum absolute atomic E-state index is 14.3. The van der Waals surface area contributed by atoms with Crippen LogP contribution in [0.1, 0.15) is 49.4 Å². The second kappa shape index (κ2) is 11.2. The molecule has 0 bridgehead atoms. The van der Waals surface area contributed by atoms with Gasteiger partial charge < -0.3 is 14.4 Å². The van der Waals surface area contributed by atoms with Crippen molar-refractivity contribution >= 4 is 35.2 Å². The Balaban J connectivity index is 1.59. The molecule has 2 aromatic rings. The van der Waals surface area contributed by atoms with E-state index in [1.54, 1.807) is 22.8 Å². The molecule has 8 nitrogen and oxygen atoms in total. The van der Waals surface area contributed by atoms with E-state index in [0.29, 0.717) is 18.7 Å². The van der Waals surface area contributed by atoms with E-state index in [1.807, 2.05) is 0 Å². The molecule has 11 heteroatoms. The van der Waals surface area contributed by atoms with Crippen LogP contribution in [0.5, 0.6) is 5.75 Å². The maximum atomic E-state index is 14.3. The van der Waals surface area contributed by atoms with Crippen LogP contribution in [-0.4, -0.2) is 53.4 Å². The van der Waals surface area contributed by atoms with Gasteiger partial charge in [0.2, 0.25) is 5.91 Å². The van der Waals surface area contributed by atoms with Gasteiger partial charge in [-0.15, -0.1) is 0 Å². The van der Waals surface area contributed by atoms with Crippen molar-refractivity contribution in [1.82, 2.24) is 9.88 Å². The summed E-state index contributed by atoms with van der Waals surface area (Å²) in [7, 11) is 1.27. The molecule has 1 fully saturated rings. The maximum Gasteiger partial charge on any atom is 0.339 e. The zero-order valence-electron chi connectivity index (χ0n) is 20.4. The predicted octanol–water partition coefficient (Wildman–Crippen LogP) is 4.66. The summed E-state index contributed by atoms with van der Waals surface area (Å²) in [5, 5.41) is -0.301. The topological polar surface area (TPSA) is 89.0 Å². The highest BCUT2D eigenvalue weighted by Gasteiger charge is 2.41. The van der Waals surface area contributed by atoms with Crippen LogP contribution in [0, 0.1) is 11.6 Å². The van der Waals surface area contributed by atoms with E-state index < -0.39 is 29.4 Å². The Labute approximate surface area is 217 Å². The predicted molar refractivity (Wildman–Crippen MR) is 131 cm³/mol. The first-order valence-electron chi connectivity index (χ1n) is 11.9. The van der Waals surface area contributed by atoms with Gasteiger partial charge in [-0.05, 0) is 37.1 Å². The summed E-state index contributed by atoms with van der Waals surface area (Å²) < 4.78 is 38.7. The molecule has 4 rings (SSSR count). The number of aromatic nitrogens is 1. The molecule has 2 aliphatic rings. The fourth-order valence-electron chi connectivity index (χ4n) is 4.76. The molecule has 196 valence electrons. The van der Waals surface area contributed by atoms with Crippen LogP contribution < -0.4 is 9.64 Å². The Hall–Kier alpha value is -3.53. The number of nitrogens with zero attached hydrogens (tertiary/aromatic N) is 3. The van der Waals surface area contributed by atoms with Crippen molar-refractivity contribution in [2.24, 2.45) is 0 Å². The van der Waals surface area contributed by atoms with Crippen molar-refractivity contribution < 1.29 is 32.6 Å². The molecule has 1 aliphatic carbocycles. The van der Waals surface area contributed by atoms with E-state index in [4.69, 9.17) is 21.1 Å².